The molecule has 0 aliphatic rings. The van der Waals surface area contributed by atoms with E-state index in [1.165, 1.54) is 11.1 Å². The standard InChI is InChI=1S/C12H22O/c1-10(2)7-6-8-11(3)9-12(4,5)13/h7,9,13H,6,8H2,1-5H3/b11-9+. The maximum absolute atomic E-state index is 9.50. The minimum atomic E-state index is -0.672. The number of hydrogen-bond acceptors (Lipinski definition) is 1. The van der Waals surface area contributed by atoms with Crippen molar-refractivity contribution >= 4 is 0 Å². The Labute approximate surface area is 82.2 Å². The van der Waals surface area contributed by atoms with Gasteiger partial charge < -0.3 is 5.11 Å². The molecule has 0 amide bonds. The highest BCUT2D eigenvalue weighted by atomic mass is 16.3. The van der Waals surface area contributed by atoms with Gasteiger partial charge >= 0.3 is 0 Å². The Kier molecular flexibility index (Phi) is 5.01. The van der Waals surface area contributed by atoms with Gasteiger partial charge in [-0.25, -0.2) is 0 Å². The Balaban J connectivity index is 3.95. The van der Waals surface area contributed by atoms with Crippen LogP contribution in [0.25, 0.3) is 0 Å². The van der Waals surface area contributed by atoms with Gasteiger partial charge in [0.25, 0.3) is 0 Å². The van der Waals surface area contributed by atoms with Gasteiger partial charge in [0.1, 0.15) is 0 Å². The zero-order chi connectivity index (χ0) is 10.5. The van der Waals surface area contributed by atoms with E-state index in [0.717, 1.165) is 12.8 Å². The fourth-order valence-corrected chi connectivity index (χ4v) is 1.26. The lowest BCUT2D eigenvalue weighted by Crippen LogP contribution is -2.14. The molecule has 0 atom stereocenters. The van der Waals surface area contributed by atoms with Crippen LogP contribution in [0.3, 0.4) is 0 Å². The molecule has 1 nitrogen and oxygen atoms in total. The van der Waals surface area contributed by atoms with Gasteiger partial charge in [0.15, 0.2) is 0 Å². The zero-order valence-corrected chi connectivity index (χ0v) is 9.52. The summed E-state index contributed by atoms with van der Waals surface area (Å²) in [5.74, 6) is 0. The molecule has 1 heteroatoms. The first-order valence-corrected chi connectivity index (χ1v) is 4.85. The smallest absolute Gasteiger partial charge is 0.0774 e. The highest BCUT2D eigenvalue weighted by Gasteiger charge is 2.07. The summed E-state index contributed by atoms with van der Waals surface area (Å²) in [6.45, 7) is 9.88. The van der Waals surface area contributed by atoms with Crippen LogP contribution in [-0.2, 0) is 0 Å². The lowest BCUT2D eigenvalue weighted by atomic mass is 10.0. The Morgan fingerprint density at radius 1 is 1.23 bits per heavy atom. The van der Waals surface area contributed by atoms with Crippen LogP contribution in [-0.4, -0.2) is 10.7 Å². The Hall–Kier alpha value is -0.560. The maximum Gasteiger partial charge on any atom is 0.0774 e. The van der Waals surface area contributed by atoms with Crippen LogP contribution >= 0.6 is 0 Å². The normalized spacial score (nSPS) is 12.9. The summed E-state index contributed by atoms with van der Waals surface area (Å²) in [5.41, 5.74) is 1.94. The van der Waals surface area contributed by atoms with E-state index in [1.807, 2.05) is 6.08 Å². The SMILES string of the molecule is CC(C)=CCC/C(C)=C/C(C)(C)O. The van der Waals surface area contributed by atoms with E-state index >= 15 is 0 Å². The van der Waals surface area contributed by atoms with E-state index in [2.05, 4.69) is 26.8 Å². The third kappa shape index (κ3) is 9.35. The van der Waals surface area contributed by atoms with Crippen molar-refractivity contribution in [1.82, 2.24) is 0 Å². The van der Waals surface area contributed by atoms with E-state index in [1.54, 1.807) is 13.8 Å². The topological polar surface area (TPSA) is 20.2 Å². The molecule has 0 heterocycles. The zero-order valence-electron chi connectivity index (χ0n) is 9.52. The molecule has 13 heavy (non-hydrogen) atoms. The number of allylic oxidation sites excluding steroid dienone is 3. The molecule has 0 saturated carbocycles. The van der Waals surface area contributed by atoms with Crippen LogP contribution in [0.5, 0.6) is 0 Å². The van der Waals surface area contributed by atoms with Crippen molar-refractivity contribution in [3.05, 3.63) is 23.3 Å². The van der Waals surface area contributed by atoms with Crippen LogP contribution < -0.4 is 0 Å². The molecule has 0 radical (unpaired) electrons. The fraction of sp³-hybridized carbons (Fsp3) is 0.667. The minimum absolute atomic E-state index is 0.672. The predicted octanol–water partition coefficient (Wildman–Crippen LogP) is 3.45. The van der Waals surface area contributed by atoms with E-state index < -0.39 is 5.60 Å². The molecule has 0 bridgehead atoms. The molecule has 0 aromatic rings. The Morgan fingerprint density at radius 3 is 2.15 bits per heavy atom. The molecule has 0 spiro atoms. The summed E-state index contributed by atoms with van der Waals surface area (Å²) in [5, 5.41) is 9.50. The minimum Gasteiger partial charge on any atom is -0.386 e. The van der Waals surface area contributed by atoms with E-state index in [4.69, 9.17) is 0 Å². The van der Waals surface area contributed by atoms with Gasteiger partial charge in [-0.05, 0) is 47.5 Å². The molecule has 0 aromatic heterocycles. The molecular formula is C12H22O. The van der Waals surface area contributed by atoms with Crippen LogP contribution in [0.4, 0.5) is 0 Å². The van der Waals surface area contributed by atoms with Gasteiger partial charge in [-0.3, -0.25) is 0 Å². The number of hydrogen-bond donors (Lipinski definition) is 1. The third-order valence-corrected chi connectivity index (χ3v) is 1.69. The summed E-state index contributed by atoms with van der Waals surface area (Å²) in [6.07, 6.45) is 6.25. The molecule has 0 aromatic carbocycles. The van der Waals surface area contributed by atoms with Crippen LogP contribution in [0.15, 0.2) is 23.3 Å². The second kappa shape index (κ2) is 5.23. The van der Waals surface area contributed by atoms with Gasteiger partial charge in [0.05, 0.1) is 5.60 Å². The van der Waals surface area contributed by atoms with Gasteiger partial charge in [-0.1, -0.05) is 23.3 Å². The molecule has 0 aliphatic heterocycles. The first-order chi connectivity index (χ1) is 5.81. The van der Waals surface area contributed by atoms with Crippen molar-refractivity contribution in [2.24, 2.45) is 0 Å². The summed E-state index contributed by atoms with van der Waals surface area (Å²) in [4.78, 5) is 0. The quantitative estimate of drug-likeness (QED) is 0.660. The molecular weight excluding hydrogens is 160 g/mol. The average Bonchev–Trinajstić information content (AvgIpc) is 1.81. The van der Waals surface area contributed by atoms with E-state index in [9.17, 15) is 5.11 Å². The fourth-order valence-electron chi connectivity index (χ4n) is 1.26. The van der Waals surface area contributed by atoms with Crippen LogP contribution in [0.1, 0.15) is 47.5 Å². The van der Waals surface area contributed by atoms with E-state index in [-0.39, 0.29) is 0 Å². The average molecular weight is 182 g/mol. The molecule has 0 saturated heterocycles. The lowest BCUT2D eigenvalue weighted by Gasteiger charge is -2.12. The molecule has 76 valence electrons. The van der Waals surface area contributed by atoms with Gasteiger partial charge in [0.2, 0.25) is 0 Å². The van der Waals surface area contributed by atoms with Gasteiger partial charge in [-0.2, -0.15) is 0 Å². The molecule has 0 fully saturated rings. The van der Waals surface area contributed by atoms with Crippen molar-refractivity contribution in [1.29, 1.82) is 0 Å². The van der Waals surface area contributed by atoms with Crippen LogP contribution in [0.2, 0.25) is 0 Å². The molecule has 0 unspecified atom stereocenters. The molecule has 1 N–H and O–H groups in total. The second-order valence-electron chi connectivity index (χ2n) is 4.46. The van der Waals surface area contributed by atoms with Gasteiger partial charge in [0, 0.05) is 0 Å². The first kappa shape index (κ1) is 12.4. The first-order valence-electron chi connectivity index (χ1n) is 4.85. The number of aliphatic hydroxyl groups is 1. The molecule has 0 aliphatic carbocycles. The summed E-state index contributed by atoms with van der Waals surface area (Å²) in [6, 6.07) is 0. The lowest BCUT2D eigenvalue weighted by molar-refractivity contribution is 0.132. The van der Waals surface area contributed by atoms with Crippen molar-refractivity contribution in [3.8, 4) is 0 Å². The highest BCUT2D eigenvalue weighted by molar-refractivity contribution is 5.07. The van der Waals surface area contributed by atoms with Crippen molar-refractivity contribution in [3.63, 3.8) is 0 Å². The highest BCUT2D eigenvalue weighted by Crippen LogP contribution is 2.12. The van der Waals surface area contributed by atoms with Crippen molar-refractivity contribution in [2.75, 3.05) is 0 Å². The van der Waals surface area contributed by atoms with E-state index in [0.29, 0.717) is 0 Å². The predicted molar refractivity (Wildman–Crippen MR) is 58.7 cm³/mol. The number of rotatable bonds is 4. The van der Waals surface area contributed by atoms with Gasteiger partial charge in [-0.15, -0.1) is 0 Å². The summed E-state index contributed by atoms with van der Waals surface area (Å²) >= 11 is 0. The van der Waals surface area contributed by atoms with Crippen molar-refractivity contribution < 1.29 is 5.11 Å². The maximum atomic E-state index is 9.50. The summed E-state index contributed by atoms with van der Waals surface area (Å²) in [7, 11) is 0. The Morgan fingerprint density at radius 2 is 1.77 bits per heavy atom. The Bertz CT molecular complexity index is 200. The molecule has 0 rings (SSSR count). The second-order valence-corrected chi connectivity index (χ2v) is 4.46. The summed E-state index contributed by atoms with van der Waals surface area (Å²) < 4.78 is 0. The monoisotopic (exact) mass is 182 g/mol. The largest absolute Gasteiger partial charge is 0.386 e. The van der Waals surface area contributed by atoms with Crippen LogP contribution in [0, 0.1) is 0 Å². The third-order valence-electron chi connectivity index (χ3n) is 1.69. The van der Waals surface area contributed by atoms with Crippen molar-refractivity contribution in [2.45, 2.75) is 53.1 Å².